The molecule has 0 radical (unpaired) electrons. The summed E-state index contributed by atoms with van der Waals surface area (Å²) >= 11 is 0. The van der Waals surface area contributed by atoms with Gasteiger partial charge in [-0.3, -0.25) is 0 Å². The van der Waals surface area contributed by atoms with Crippen LogP contribution in [0.2, 0.25) is 0 Å². The van der Waals surface area contributed by atoms with Crippen LogP contribution in [0.1, 0.15) is 52.9 Å². The summed E-state index contributed by atoms with van der Waals surface area (Å²) in [5, 5.41) is 0. The van der Waals surface area contributed by atoms with Gasteiger partial charge in [-0.05, 0) is 56.3 Å². The Bertz CT molecular complexity index is 274. The number of ether oxygens (including phenoxy) is 1. The highest BCUT2D eigenvalue weighted by Crippen LogP contribution is 2.34. The van der Waals surface area contributed by atoms with Crippen molar-refractivity contribution in [2.24, 2.45) is 23.7 Å². The quantitative estimate of drug-likeness (QED) is 0.537. The molecule has 0 bridgehead atoms. The van der Waals surface area contributed by atoms with Gasteiger partial charge in [0.25, 0.3) is 0 Å². The van der Waals surface area contributed by atoms with Crippen molar-refractivity contribution in [3.05, 3.63) is 0 Å². The Morgan fingerprint density at radius 1 is 0.900 bits per heavy atom. The van der Waals surface area contributed by atoms with E-state index in [1.165, 1.54) is 19.3 Å². The van der Waals surface area contributed by atoms with Gasteiger partial charge in [0.05, 0.1) is 19.3 Å². The lowest BCUT2D eigenvalue weighted by atomic mass is 9.76. The first-order valence-electron chi connectivity index (χ1n) is 8.25. The van der Waals surface area contributed by atoms with Crippen molar-refractivity contribution in [1.29, 1.82) is 0 Å². The van der Waals surface area contributed by atoms with E-state index in [0.29, 0.717) is 12.0 Å². The molecule has 1 heterocycles. The maximum absolute atomic E-state index is 5.75. The number of rotatable bonds is 6. The van der Waals surface area contributed by atoms with Crippen LogP contribution in [-0.2, 0) is 13.8 Å². The molecule has 20 heavy (non-hydrogen) atoms. The second-order valence-electron chi connectivity index (χ2n) is 6.91. The van der Waals surface area contributed by atoms with Crippen molar-refractivity contribution < 1.29 is 13.8 Å². The van der Waals surface area contributed by atoms with Crippen LogP contribution in [-0.4, -0.2) is 25.9 Å². The van der Waals surface area contributed by atoms with Crippen LogP contribution in [0, 0.1) is 23.7 Å². The molecule has 6 unspecified atom stereocenters. The Morgan fingerprint density at radius 2 is 1.60 bits per heavy atom. The summed E-state index contributed by atoms with van der Waals surface area (Å²) in [4.78, 5) is 0. The smallest absolute Gasteiger partial charge is 0.155 e. The molecule has 0 N–H and O–H groups in total. The Kier molecular flexibility index (Phi) is 7.24. The minimum Gasteiger partial charge on any atom is -0.378 e. The largest absolute Gasteiger partial charge is 0.378 e. The molecule has 6 atom stereocenters. The normalized spacial score (nSPS) is 39.5. The molecule has 0 aromatic rings. The molecule has 0 amide bonds. The van der Waals surface area contributed by atoms with Crippen molar-refractivity contribution in [2.75, 3.05) is 19.8 Å². The van der Waals surface area contributed by atoms with Crippen LogP contribution in [0.25, 0.3) is 0 Å². The molecule has 0 spiro atoms. The molecule has 1 aliphatic heterocycles. The first kappa shape index (κ1) is 16.7. The summed E-state index contributed by atoms with van der Waals surface area (Å²) in [7, 11) is 0.218. The fourth-order valence-electron chi connectivity index (χ4n) is 3.40. The van der Waals surface area contributed by atoms with Crippen molar-refractivity contribution >= 4 is 9.03 Å². The predicted molar refractivity (Wildman–Crippen MR) is 84.0 cm³/mol. The molecule has 2 aliphatic rings. The lowest BCUT2D eigenvalue weighted by Gasteiger charge is -2.31. The molecule has 2 rings (SSSR count). The van der Waals surface area contributed by atoms with Gasteiger partial charge in [0, 0.05) is 6.61 Å². The van der Waals surface area contributed by atoms with E-state index in [1.807, 2.05) is 0 Å². The average molecular weight is 302 g/mol. The molecular weight excluding hydrogens is 271 g/mol. The number of hydrogen-bond donors (Lipinski definition) is 0. The van der Waals surface area contributed by atoms with E-state index in [1.54, 1.807) is 0 Å². The van der Waals surface area contributed by atoms with Crippen LogP contribution in [0.4, 0.5) is 0 Å². The van der Waals surface area contributed by atoms with Crippen LogP contribution >= 0.6 is 9.03 Å². The highest BCUT2D eigenvalue weighted by atomic mass is 31.1. The average Bonchev–Trinajstić information content (AvgIpc) is 2.42. The third-order valence-corrected chi connectivity index (χ3v) is 5.63. The van der Waals surface area contributed by atoms with Crippen LogP contribution < -0.4 is 0 Å². The molecule has 3 nitrogen and oxygen atoms in total. The monoisotopic (exact) mass is 302 g/mol. The SMILES string of the molecule is CC1CC(COPOCC2CCC(C)C(C)C2)CCO1. The fourth-order valence-corrected chi connectivity index (χ4v) is 4.09. The fraction of sp³-hybridized carbons (Fsp3) is 1.00. The molecule has 1 saturated heterocycles. The lowest BCUT2D eigenvalue weighted by molar-refractivity contribution is -0.00777. The first-order chi connectivity index (χ1) is 9.65. The summed E-state index contributed by atoms with van der Waals surface area (Å²) in [6, 6.07) is 0. The molecular formula is C16H31O3P. The summed E-state index contributed by atoms with van der Waals surface area (Å²) in [5.74, 6) is 3.15. The molecule has 118 valence electrons. The van der Waals surface area contributed by atoms with E-state index in [0.717, 1.165) is 50.4 Å². The second-order valence-corrected chi connectivity index (χ2v) is 7.65. The van der Waals surface area contributed by atoms with E-state index in [4.69, 9.17) is 13.8 Å². The summed E-state index contributed by atoms with van der Waals surface area (Å²) < 4.78 is 17.0. The summed E-state index contributed by atoms with van der Waals surface area (Å²) in [5.41, 5.74) is 0. The standard InChI is InChI=1S/C16H31O3P/c1-12-4-5-15(8-13(12)2)10-18-20-19-11-16-6-7-17-14(3)9-16/h12-16,20H,4-11H2,1-3H3. The van der Waals surface area contributed by atoms with Crippen molar-refractivity contribution in [2.45, 2.75) is 59.0 Å². The van der Waals surface area contributed by atoms with Crippen LogP contribution in [0.5, 0.6) is 0 Å². The zero-order valence-electron chi connectivity index (χ0n) is 13.3. The maximum Gasteiger partial charge on any atom is 0.155 e. The zero-order valence-corrected chi connectivity index (χ0v) is 14.3. The molecule has 0 aromatic heterocycles. The van der Waals surface area contributed by atoms with Gasteiger partial charge in [-0.1, -0.05) is 20.3 Å². The Balaban J connectivity index is 1.49. The Morgan fingerprint density at radius 3 is 2.25 bits per heavy atom. The van der Waals surface area contributed by atoms with Gasteiger partial charge in [-0.15, -0.1) is 0 Å². The molecule has 0 aromatic carbocycles. The van der Waals surface area contributed by atoms with Gasteiger partial charge in [0.15, 0.2) is 9.03 Å². The topological polar surface area (TPSA) is 27.7 Å². The van der Waals surface area contributed by atoms with Gasteiger partial charge in [0.1, 0.15) is 0 Å². The van der Waals surface area contributed by atoms with Crippen LogP contribution in [0.3, 0.4) is 0 Å². The third kappa shape index (κ3) is 5.60. The molecule has 1 aliphatic carbocycles. The third-order valence-electron chi connectivity index (χ3n) is 5.06. The van der Waals surface area contributed by atoms with E-state index >= 15 is 0 Å². The first-order valence-corrected chi connectivity index (χ1v) is 9.07. The second kappa shape index (κ2) is 8.68. The van der Waals surface area contributed by atoms with Crippen molar-refractivity contribution in [3.8, 4) is 0 Å². The van der Waals surface area contributed by atoms with Gasteiger partial charge < -0.3 is 13.8 Å². The summed E-state index contributed by atoms with van der Waals surface area (Å²) in [6.07, 6.45) is 6.66. The van der Waals surface area contributed by atoms with E-state index in [9.17, 15) is 0 Å². The minimum absolute atomic E-state index is 0.218. The zero-order chi connectivity index (χ0) is 14.4. The lowest BCUT2D eigenvalue weighted by Crippen LogP contribution is -2.25. The van der Waals surface area contributed by atoms with E-state index < -0.39 is 0 Å². The Labute approximate surface area is 126 Å². The number of hydrogen-bond acceptors (Lipinski definition) is 3. The highest BCUT2D eigenvalue weighted by molar-refractivity contribution is 7.26. The van der Waals surface area contributed by atoms with Gasteiger partial charge >= 0.3 is 0 Å². The Hall–Kier alpha value is 0.310. The summed E-state index contributed by atoms with van der Waals surface area (Å²) in [6.45, 7) is 9.51. The molecule has 1 saturated carbocycles. The van der Waals surface area contributed by atoms with Gasteiger partial charge in [0.2, 0.25) is 0 Å². The predicted octanol–water partition coefficient (Wildman–Crippen LogP) is 4.42. The van der Waals surface area contributed by atoms with Gasteiger partial charge in [-0.25, -0.2) is 0 Å². The molecule has 2 fully saturated rings. The van der Waals surface area contributed by atoms with Gasteiger partial charge in [-0.2, -0.15) is 0 Å². The van der Waals surface area contributed by atoms with Crippen molar-refractivity contribution in [3.63, 3.8) is 0 Å². The minimum atomic E-state index is 0.218. The maximum atomic E-state index is 5.75. The molecule has 4 heteroatoms. The van der Waals surface area contributed by atoms with E-state index in [-0.39, 0.29) is 9.03 Å². The van der Waals surface area contributed by atoms with Crippen molar-refractivity contribution in [1.82, 2.24) is 0 Å². The highest BCUT2D eigenvalue weighted by Gasteiger charge is 2.24. The van der Waals surface area contributed by atoms with Crippen LogP contribution in [0.15, 0.2) is 0 Å². The van der Waals surface area contributed by atoms with E-state index in [2.05, 4.69) is 20.8 Å².